The molecule has 0 aliphatic carbocycles. The average Bonchev–Trinajstić information content (AvgIpc) is 2.69. The number of aryl methyl sites for hydroxylation is 1. The molecule has 0 radical (unpaired) electrons. The molecule has 6 heteroatoms. The molecule has 1 saturated heterocycles. The summed E-state index contributed by atoms with van der Waals surface area (Å²) in [5, 5.41) is 0.731. The first-order valence-electron chi connectivity index (χ1n) is 9.01. The van der Waals surface area contributed by atoms with Crippen LogP contribution in [0.25, 0.3) is 0 Å². The molecule has 1 fully saturated rings. The van der Waals surface area contributed by atoms with Gasteiger partial charge in [0.05, 0.1) is 20.6 Å². The Balaban J connectivity index is 1.63. The monoisotopic (exact) mass is 388 g/mol. The third-order valence-electron chi connectivity index (χ3n) is 4.99. The van der Waals surface area contributed by atoms with Gasteiger partial charge in [0.15, 0.2) is 11.5 Å². The number of piperazine rings is 1. The van der Waals surface area contributed by atoms with Gasteiger partial charge in [-0.1, -0.05) is 17.7 Å². The van der Waals surface area contributed by atoms with E-state index in [1.54, 1.807) is 14.2 Å². The summed E-state index contributed by atoms with van der Waals surface area (Å²) in [6.45, 7) is 5.00. The third-order valence-corrected chi connectivity index (χ3v) is 5.22. The van der Waals surface area contributed by atoms with Gasteiger partial charge in [0, 0.05) is 36.9 Å². The molecule has 1 amide bonds. The first-order chi connectivity index (χ1) is 13.0. The van der Waals surface area contributed by atoms with E-state index in [1.165, 1.54) is 0 Å². The van der Waals surface area contributed by atoms with Crippen LogP contribution in [-0.2, 0) is 11.2 Å². The van der Waals surface area contributed by atoms with Gasteiger partial charge in [0.1, 0.15) is 0 Å². The Bertz CT molecular complexity index is 817. The van der Waals surface area contributed by atoms with Crippen molar-refractivity contribution in [1.29, 1.82) is 0 Å². The van der Waals surface area contributed by atoms with E-state index < -0.39 is 0 Å². The third kappa shape index (κ3) is 4.48. The number of amides is 1. The molecular weight excluding hydrogens is 364 g/mol. The molecule has 0 aromatic heterocycles. The van der Waals surface area contributed by atoms with Gasteiger partial charge >= 0.3 is 0 Å². The fourth-order valence-corrected chi connectivity index (χ4v) is 3.56. The van der Waals surface area contributed by atoms with Crippen LogP contribution in [0.1, 0.15) is 11.1 Å². The van der Waals surface area contributed by atoms with Crippen LogP contribution >= 0.6 is 11.6 Å². The minimum absolute atomic E-state index is 0.135. The molecule has 0 N–H and O–H groups in total. The molecule has 5 nitrogen and oxygen atoms in total. The van der Waals surface area contributed by atoms with E-state index in [-0.39, 0.29) is 5.91 Å². The van der Waals surface area contributed by atoms with Crippen molar-refractivity contribution in [3.8, 4) is 11.5 Å². The van der Waals surface area contributed by atoms with Crippen LogP contribution in [-0.4, -0.2) is 51.2 Å². The second-order valence-corrected chi connectivity index (χ2v) is 7.09. The summed E-state index contributed by atoms with van der Waals surface area (Å²) in [5.41, 5.74) is 3.10. The molecule has 0 spiro atoms. The van der Waals surface area contributed by atoms with Crippen molar-refractivity contribution in [2.24, 2.45) is 0 Å². The van der Waals surface area contributed by atoms with Gasteiger partial charge in [-0.3, -0.25) is 4.79 Å². The summed E-state index contributed by atoms with van der Waals surface area (Å²) >= 11 is 6.08. The van der Waals surface area contributed by atoms with E-state index in [2.05, 4.69) is 11.0 Å². The molecule has 2 aromatic carbocycles. The molecule has 0 saturated carbocycles. The zero-order valence-electron chi connectivity index (χ0n) is 16.0. The Kier molecular flexibility index (Phi) is 6.11. The lowest BCUT2D eigenvalue weighted by Crippen LogP contribution is -2.49. The highest BCUT2D eigenvalue weighted by molar-refractivity contribution is 6.30. The lowest BCUT2D eigenvalue weighted by atomic mass is 10.0. The van der Waals surface area contributed by atoms with Crippen LogP contribution in [0.4, 0.5) is 5.69 Å². The highest BCUT2D eigenvalue weighted by Gasteiger charge is 2.22. The number of carbonyl (C=O) groups excluding carboxylic acids is 1. The molecule has 1 heterocycles. The highest BCUT2D eigenvalue weighted by atomic mass is 35.5. The van der Waals surface area contributed by atoms with Gasteiger partial charge in [0.2, 0.25) is 5.91 Å². The molecule has 3 rings (SSSR count). The number of methoxy groups -OCH3 is 2. The fourth-order valence-electron chi connectivity index (χ4n) is 3.37. The van der Waals surface area contributed by atoms with Gasteiger partial charge in [-0.05, 0) is 48.4 Å². The Hall–Kier alpha value is -2.40. The molecule has 144 valence electrons. The molecule has 0 atom stereocenters. The largest absolute Gasteiger partial charge is 0.493 e. The van der Waals surface area contributed by atoms with Crippen molar-refractivity contribution in [2.75, 3.05) is 45.3 Å². The van der Waals surface area contributed by atoms with Gasteiger partial charge in [-0.25, -0.2) is 0 Å². The second kappa shape index (κ2) is 8.53. The number of carbonyl (C=O) groups is 1. The molecule has 1 aliphatic heterocycles. The summed E-state index contributed by atoms with van der Waals surface area (Å²) in [5.74, 6) is 1.47. The van der Waals surface area contributed by atoms with Gasteiger partial charge < -0.3 is 19.3 Å². The summed E-state index contributed by atoms with van der Waals surface area (Å²) in [6.07, 6.45) is 0.364. The van der Waals surface area contributed by atoms with Crippen LogP contribution in [0.3, 0.4) is 0 Å². The van der Waals surface area contributed by atoms with Crippen molar-refractivity contribution in [3.05, 3.63) is 52.5 Å². The van der Waals surface area contributed by atoms with E-state index in [0.29, 0.717) is 31.0 Å². The van der Waals surface area contributed by atoms with Crippen molar-refractivity contribution in [2.45, 2.75) is 13.3 Å². The van der Waals surface area contributed by atoms with E-state index in [9.17, 15) is 4.79 Å². The quantitative estimate of drug-likeness (QED) is 0.785. The van der Waals surface area contributed by atoms with Crippen LogP contribution in [0.15, 0.2) is 36.4 Å². The number of nitrogens with zero attached hydrogens (tertiary/aromatic N) is 2. The fraction of sp³-hybridized carbons (Fsp3) is 0.381. The number of halogens is 1. The normalized spacial score (nSPS) is 14.2. The molecular formula is C21H25ClN2O3. The second-order valence-electron chi connectivity index (χ2n) is 6.66. The van der Waals surface area contributed by atoms with Crippen molar-refractivity contribution in [3.63, 3.8) is 0 Å². The Labute approximate surface area is 165 Å². The SMILES string of the molecule is COc1cc(C)c(CC(=O)N2CCN(c3cccc(Cl)c3)CC2)cc1OC. The van der Waals surface area contributed by atoms with Gasteiger partial charge in [-0.15, -0.1) is 0 Å². The lowest BCUT2D eigenvalue weighted by Gasteiger charge is -2.36. The summed E-state index contributed by atoms with van der Waals surface area (Å²) in [4.78, 5) is 17.0. The minimum Gasteiger partial charge on any atom is -0.493 e. The number of benzene rings is 2. The number of anilines is 1. The maximum atomic E-state index is 12.8. The van der Waals surface area contributed by atoms with Crippen LogP contribution in [0, 0.1) is 6.92 Å². The summed E-state index contributed by atoms with van der Waals surface area (Å²) < 4.78 is 10.7. The molecule has 2 aromatic rings. The summed E-state index contributed by atoms with van der Waals surface area (Å²) in [6, 6.07) is 11.7. The topological polar surface area (TPSA) is 42.0 Å². The predicted octanol–water partition coefficient (Wildman–Crippen LogP) is 3.56. The lowest BCUT2D eigenvalue weighted by molar-refractivity contribution is -0.130. The van der Waals surface area contributed by atoms with Crippen LogP contribution in [0.2, 0.25) is 5.02 Å². The maximum absolute atomic E-state index is 12.8. The van der Waals surface area contributed by atoms with Gasteiger partial charge in [0.25, 0.3) is 0 Å². The average molecular weight is 389 g/mol. The first-order valence-corrected chi connectivity index (χ1v) is 9.39. The molecule has 27 heavy (non-hydrogen) atoms. The summed E-state index contributed by atoms with van der Waals surface area (Å²) in [7, 11) is 3.22. The van der Waals surface area contributed by atoms with Crippen LogP contribution in [0.5, 0.6) is 11.5 Å². The highest BCUT2D eigenvalue weighted by Crippen LogP contribution is 2.30. The Morgan fingerprint density at radius 1 is 1.04 bits per heavy atom. The zero-order chi connectivity index (χ0) is 19.4. The Morgan fingerprint density at radius 2 is 1.70 bits per heavy atom. The standard InChI is InChI=1S/C21H25ClN2O3/c1-15-11-19(26-2)20(27-3)12-16(15)13-21(25)24-9-7-23(8-10-24)18-6-4-5-17(22)14-18/h4-6,11-12,14H,7-10,13H2,1-3H3. The zero-order valence-corrected chi connectivity index (χ0v) is 16.8. The molecule has 1 aliphatic rings. The van der Waals surface area contributed by atoms with Crippen molar-refractivity contribution < 1.29 is 14.3 Å². The van der Waals surface area contributed by atoms with Crippen molar-refractivity contribution >= 4 is 23.2 Å². The molecule has 0 bridgehead atoms. The number of hydrogen-bond donors (Lipinski definition) is 0. The number of hydrogen-bond acceptors (Lipinski definition) is 4. The molecule has 0 unspecified atom stereocenters. The smallest absolute Gasteiger partial charge is 0.227 e. The predicted molar refractivity (Wildman–Crippen MR) is 108 cm³/mol. The maximum Gasteiger partial charge on any atom is 0.227 e. The van der Waals surface area contributed by atoms with E-state index >= 15 is 0 Å². The Morgan fingerprint density at radius 3 is 2.33 bits per heavy atom. The van der Waals surface area contributed by atoms with E-state index in [0.717, 1.165) is 34.9 Å². The van der Waals surface area contributed by atoms with E-state index in [4.69, 9.17) is 21.1 Å². The minimum atomic E-state index is 0.135. The van der Waals surface area contributed by atoms with Crippen LogP contribution < -0.4 is 14.4 Å². The number of ether oxygens (including phenoxy) is 2. The van der Waals surface area contributed by atoms with Gasteiger partial charge in [-0.2, -0.15) is 0 Å². The first kappa shape index (κ1) is 19.4. The number of rotatable bonds is 5. The van der Waals surface area contributed by atoms with E-state index in [1.807, 2.05) is 42.2 Å². The van der Waals surface area contributed by atoms with Crippen molar-refractivity contribution in [1.82, 2.24) is 4.90 Å².